The highest BCUT2D eigenvalue weighted by Crippen LogP contribution is 2.36. The van der Waals surface area contributed by atoms with Crippen LogP contribution >= 0.6 is 11.3 Å². The van der Waals surface area contributed by atoms with Crippen molar-refractivity contribution in [3.05, 3.63) is 52.2 Å². The highest BCUT2D eigenvalue weighted by molar-refractivity contribution is 7.07. The zero-order chi connectivity index (χ0) is 13.2. The molecule has 0 spiro atoms. The molecule has 1 heterocycles. The zero-order valence-corrected chi connectivity index (χ0v) is 11.9. The fraction of sp³-hybridized carbons (Fsp3) is 0.375. The average Bonchev–Trinajstić information content (AvgIpc) is 3.13. The van der Waals surface area contributed by atoms with Gasteiger partial charge in [0.1, 0.15) is 0 Å². The summed E-state index contributed by atoms with van der Waals surface area (Å²) in [5.41, 5.74) is 3.58. The van der Waals surface area contributed by atoms with Gasteiger partial charge in [-0.05, 0) is 48.2 Å². The van der Waals surface area contributed by atoms with Crippen LogP contribution in [-0.4, -0.2) is 11.1 Å². The fourth-order valence-corrected chi connectivity index (χ4v) is 3.14. The Morgan fingerprint density at radius 2 is 2.11 bits per heavy atom. The molecule has 3 rings (SSSR count). The number of nitrogens with zero attached hydrogens (tertiary/aromatic N) is 1. The van der Waals surface area contributed by atoms with E-state index in [9.17, 15) is 5.11 Å². The van der Waals surface area contributed by atoms with Crippen LogP contribution in [-0.2, 0) is 6.54 Å². The Hall–Kier alpha value is -1.32. The first-order valence-electron chi connectivity index (χ1n) is 6.80. The van der Waals surface area contributed by atoms with E-state index in [2.05, 4.69) is 33.9 Å². The Labute approximate surface area is 118 Å². The van der Waals surface area contributed by atoms with Crippen molar-refractivity contribution < 1.29 is 5.11 Å². The molecule has 1 N–H and O–H groups in total. The van der Waals surface area contributed by atoms with Gasteiger partial charge in [-0.15, -0.1) is 0 Å². The predicted octanol–water partition coefficient (Wildman–Crippen LogP) is 3.97. The highest BCUT2D eigenvalue weighted by atomic mass is 32.1. The lowest BCUT2D eigenvalue weighted by molar-refractivity contribution is 0.199. The molecule has 1 atom stereocenters. The molecule has 2 nitrogen and oxygen atoms in total. The molecule has 1 fully saturated rings. The van der Waals surface area contributed by atoms with Gasteiger partial charge in [0.25, 0.3) is 0 Å². The Kier molecular flexibility index (Phi) is 3.58. The molecule has 19 heavy (non-hydrogen) atoms. The second-order valence-corrected chi connectivity index (χ2v) is 6.01. The molecule has 1 unspecified atom stereocenters. The van der Waals surface area contributed by atoms with E-state index in [0.29, 0.717) is 6.04 Å². The Morgan fingerprint density at radius 3 is 2.74 bits per heavy atom. The second kappa shape index (κ2) is 5.35. The summed E-state index contributed by atoms with van der Waals surface area (Å²) < 4.78 is 0. The normalized spacial score (nSPS) is 16.3. The summed E-state index contributed by atoms with van der Waals surface area (Å²) in [5, 5.41) is 14.3. The van der Waals surface area contributed by atoms with Crippen LogP contribution in [0.15, 0.2) is 41.1 Å². The van der Waals surface area contributed by atoms with Gasteiger partial charge in [-0.3, -0.25) is 0 Å². The quantitative estimate of drug-likeness (QED) is 0.891. The molecule has 0 aliphatic heterocycles. The van der Waals surface area contributed by atoms with Crippen molar-refractivity contribution in [2.24, 2.45) is 0 Å². The molecule has 100 valence electrons. The van der Waals surface area contributed by atoms with E-state index in [4.69, 9.17) is 0 Å². The van der Waals surface area contributed by atoms with Crippen LogP contribution in [0.1, 0.15) is 37.0 Å². The number of para-hydroxylation sites is 1. The molecule has 1 aliphatic carbocycles. The van der Waals surface area contributed by atoms with E-state index >= 15 is 0 Å². The van der Waals surface area contributed by atoms with E-state index in [1.54, 1.807) is 11.3 Å². The largest absolute Gasteiger partial charge is 0.389 e. The summed E-state index contributed by atoms with van der Waals surface area (Å²) >= 11 is 1.74. The smallest absolute Gasteiger partial charge is 0.0781 e. The van der Waals surface area contributed by atoms with Gasteiger partial charge in [0.15, 0.2) is 0 Å². The summed E-state index contributed by atoms with van der Waals surface area (Å²) in [7, 11) is 0. The molecule has 1 aromatic carbocycles. The lowest BCUT2D eigenvalue weighted by Crippen LogP contribution is -2.26. The van der Waals surface area contributed by atoms with E-state index in [1.165, 1.54) is 24.1 Å². The van der Waals surface area contributed by atoms with Crippen LogP contribution in [0.4, 0.5) is 5.69 Å². The van der Waals surface area contributed by atoms with Crippen molar-refractivity contribution in [3.63, 3.8) is 0 Å². The standard InChI is InChI=1S/C16H19NOS/c1-12(18)15-4-2-3-5-16(15)17(14-6-7-14)10-13-8-9-19-11-13/h2-5,8-9,11-12,14,18H,6-7,10H2,1H3. The average molecular weight is 273 g/mol. The van der Waals surface area contributed by atoms with Crippen LogP contribution in [0.25, 0.3) is 0 Å². The summed E-state index contributed by atoms with van der Waals surface area (Å²) in [5.74, 6) is 0. The molecule has 1 aliphatic rings. The summed E-state index contributed by atoms with van der Waals surface area (Å²) in [6.07, 6.45) is 2.11. The second-order valence-electron chi connectivity index (χ2n) is 5.23. The van der Waals surface area contributed by atoms with Gasteiger partial charge in [-0.2, -0.15) is 11.3 Å². The molecule has 0 saturated heterocycles. The van der Waals surface area contributed by atoms with Crippen LogP contribution in [0.2, 0.25) is 0 Å². The molecule has 1 saturated carbocycles. The maximum Gasteiger partial charge on any atom is 0.0781 e. The van der Waals surface area contributed by atoms with Crippen molar-refractivity contribution in [1.29, 1.82) is 0 Å². The van der Waals surface area contributed by atoms with Gasteiger partial charge in [0.2, 0.25) is 0 Å². The number of anilines is 1. The Bertz CT molecular complexity index is 531. The molecule has 0 amide bonds. The molecule has 1 aromatic heterocycles. The van der Waals surface area contributed by atoms with Crippen molar-refractivity contribution in [1.82, 2.24) is 0 Å². The minimum Gasteiger partial charge on any atom is -0.389 e. The first-order valence-corrected chi connectivity index (χ1v) is 7.74. The van der Waals surface area contributed by atoms with Crippen molar-refractivity contribution in [2.75, 3.05) is 4.90 Å². The number of rotatable bonds is 5. The van der Waals surface area contributed by atoms with E-state index in [1.807, 2.05) is 19.1 Å². The molecular formula is C16H19NOS. The lowest BCUT2D eigenvalue weighted by Gasteiger charge is -2.27. The minimum absolute atomic E-state index is 0.417. The summed E-state index contributed by atoms with van der Waals surface area (Å²) in [6, 6.07) is 11.0. The molecule has 3 heteroatoms. The maximum absolute atomic E-state index is 9.96. The van der Waals surface area contributed by atoms with Gasteiger partial charge >= 0.3 is 0 Å². The topological polar surface area (TPSA) is 23.5 Å². The van der Waals surface area contributed by atoms with Crippen LogP contribution in [0.3, 0.4) is 0 Å². The number of thiophene rings is 1. The van der Waals surface area contributed by atoms with Crippen LogP contribution in [0.5, 0.6) is 0 Å². The van der Waals surface area contributed by atoms with E-state index < -0.39 is 6.10 Å². The number of hydrogen-bond donors (Lipinski definition) is 1. The third kappa shape index (κ3) is 2.82. The van der Waals surface area contributed by atoms with Crippen molar-refractivity contribution in [2.45, 2.75) is 38.5 Å². The van der Waals surface area contributed by atoms with E-state index in [-0.39, 0.29) is 0 Å². The van der Waals surface area contributed by atoms with Crippen molar-refractivity contribution in [3.8, 4) is 0 Å². The van der Waals surface area contributed by atoms with Crippen LogP contribution < -0.4 is 4.90 Å². The highest BCUT2D eigenvalue weighted by Gasteiger charge is 2.30. The number of aliphatic hydroxyl groups is 1. The minimum atomic E-state index is -0.417. The zero-order valence-electron chi connectivity index (χ0n) is 11.1. The first-order chi connectivity index (χ1) is 9.25. The van der Waals surface area contributed by atoms with E-state index in [0.717, 1.165) is 12.1 Å². The van der Waals surface area contributed by atoms with Gasteiger partial charge in [0, 0.05) is 23.8 Å². The van der Waals surface area contributed by atoms with Crippen molar-refractivity contribution >= 4 is 17.0 Å². The monoisotopic (exact) mass is 273 g/mol. The van der Waals surface area contributed by atoms with Crippen LogP contribution in [0, 0.1) is 0 Å². The molecular weight excluding hydrogens is 254 g/mol. The fourth-order valence-electron chi connectivity index (χ4n) is 2.48. The third-order valence-electron chi connectivity index (χ3n) is 3.62. The molecule has 2 aromatic rings. The lowest BCUT2D eigenvalue weighted by atomic mass is 10.1. The summed E-state index contributed by atoms with van der Waals surface area (Å²) in [6.45, 7) is 2.78. The van der Waals surface area contributed by atoms with Gasteiger partial charge < -0.3 is 10.0 Å². The first kappa shape index (κ1) is 12.7. The Balaban J connectivity index is 1.92. The SMILES string of the molecule is CC(O)c1ccccc1N(Cc1ccsc1)C1CC1. The number of aliphatic hydroxyl groups excluding tert-OH is 1. The molecule has 0 radical (unpaired) electrons. The Morgan fingerprint density at radius 1 is 1.32 bits per heavy atom. The summed E-state index contributed by atoms with van der Waals surface area (Å²) in [4.78, 5) is 2.45. The predicted molar refractivity (Wildman–Crippen MR) is 80.6 cm³/mol. The number of benzene rings is 1. The maximum atomic E-state index is 9.96. The van der Waals surface area contributed by atoms with Gasteiger partial charge in [0.05, 0.1) is 6.10 Å². The van der Waals surface area contributed by atoms with Gasteiger partial charge in [-0.1, -0.05) is 18.2 Å². The number of hydrogen-bond acceptors (Lipinski definition) is 3. The third-order valence-corrected chi connectivity index (χ3v) is 4.35. The molecule has 0 bridgehead atoms. The van der Waals surface area contributed by atoms with Gasteiger partial charge in [-0.25, -0.2) is 0 Å².